The topological polar surface area (TPSA) is 87.7 Å². The molecule has 4 rings (SSSR count). The summed E-state index contributed by atoms with van der Waals surface area (Å²) in [5.41, 5.74) is -0.936. The van der Waals surface area contributed by atoms with Crippen LogP contribution in [0.3, 0.4) is 0 Å². The molecule has 3 aromatic carbocycles. The van der Waals surface area contributed by atoms with Gasteiger partial charge in [0, 0.05) is 0 Å². The van der Waals surface area contributed by atoms with Gasteiger partial charge in [-0.05, 0) is 36.6 Å². The Hall–Kier alpha value is -3.70. The molecule has 156 valence electrons. The van der Waals surface area contributed by atoms with E-state index < -0.39 is 22.9 Å². The number of para-hydroxylation sites is 1. The van der Waals surface area contributed by atoms with Crippen LogP contribution >= 0.6 is 0 Å². The molecule has 0 saturated heterocycles. The highest BCUT2D eigenvalue weighted by molar-refractivity contribution is 5.87. The van der Waals surface area contributed by atoms with E-state index in [0.29, 0.717) is 10.9 Å². The Labute approximate surface area is 179 Å². The molecule has 0 aliphatic heterocycles. The molecule has 4 aromatic rings. The molecule has 0 saturated carbocycles. The summed E-state index contributed by atoms with van der Waals surface area (Å²) >= 11 is 0. The Bertz CT molecular complexity index is 1280. The molecule has 0 radical (unpaired) electrons. The van der Waals surface area contributed by atoms with E-state index in [1.165, 1.54) is 6.92 Å². The molecule has 31 heavy (non-hydrogen) atoms. The van der Waals surface area contributed by atoms with Crippen LogP contribution in [0.15, 0.2) is 94.1 Å². The van der Waals surface area contributed by atoms with Crippen LogP contribution in [0, 0.1) is 0 Å². The summed E-state index contributed by atoms with van der Waals surface area (Å²) in [6, 6.07) is 24.7. The number of Topliss-reactive ketones (excluding diaryl/α,β-unsaturated/α-hetero) is 1. The fourth-order valence-corrected chi connectivity index (χ4v) is 4.25. The number of aliphatic hydroxyl groups excluding tert-OH is 1. The Morgan fingerprint density at radius 2 is 1.52 bits per heavy atom. The van der Waals surface area contributed by atoms with E-state index in [9.17, 15) is 19.8 Å². The van der Waals surface area contributed by atoms with Crippen LogP contribution in [0.25, 0.3) is 11.0 Å². The van der Waals surface area contributed by atoms with E-state index in [2.05, 4.69) is 0 Å². The quantitative estimate of drug-likeness (QED) is 0.466. The summed E-state index contributed by atoms with van der Waals surface area (Å²) in [7, 11) is 0. The molecule has 0 aliphatic carbocycles. The number of hydrogen-bond donors (Lipinski definition) is 2. The zero-order chi connectivity index (χ0) is 22.0. The van der Waals surface area contributed by atoms with Crippen molar-refractivity contribution in [2.75, 3.05) is 0 Å². The number of aliphatic hydroxyl groups is 1. The Balaban J connectivity index is 2.13. The number of aromatic hydroxyl groups is 1. The minimum Gasteiger partial charge on any atom is -0.507 e. The summed E-state index contributed by atoms with van der Waals surface area (Å²) < 4.78 is 5.53. The molecule has 5 nitrogen and oxygen atoms in total. The van der Waals surface area contributed by atoms with Gasteiger partial charge in [0.25, 0.3) is 0 Å². The number of benzene rings is 3. The van der Waals surface area contributed by atoms with Gasteiger partial charge in [-0.15, -0.1) is 0 Å². The van der Waals surface area contributed by atoms with Gasteiger partial charge in [-0.3, -0.25) is 4.79 Å². The first-order valence-corrected chi connectivity index (χ1v) is 9.98. The van der Waals surface area contributed by atoms with Crippen molar-refractivity contribution in [2.24, 2.45) is 0 Å². The molecule has 0 fully saturated rings. The van der Waals surface area contributed by atoms with Crippen LogP contribution in [0.4, 0.5) is 0 Å². The molecule has 0 spiro atoms. The lowest BCUT2D eigenvalue weighted by Gasteiger charge is -2.37. The number of fused-ring (bicyclic) bond motifs is 1. The second kappa shape index (κ2) is 8.20. The average molecular weight is 414 g/mol. The van der Waals surface area contributed by atoms with Crippen LogP contribution in [-0.4, -0.2) is 22.1 Å². The second-order valence-electron chi connectivity index (χ2n) is 7.62. The lowest BCUT2D eigenvalue weighted by atomic mass is 9.65. The summed E-state index contributed by atoms with van der Waals surface area (Å²) in [4.78, 5) is 25.8. The smallest absolute Gasteiger partial charge is 0.344 e. The highest BCUT2D eigenvalue weighted by atomic mass is 16.4. The van der Waals surface area contributed by atoms with Gasteiger partial charge in [0.2, 0.25) is 0 Å². The van der Waals surface area contributed by atoms with Crippen molar-refractivity contribution in [3.8, 4) is 5.75 Å². The van der Waals surface area contributed by atoms with Crippen LogP contribution < -0.4 is 5.63 Å². The van der Waals surface area contributed by atoms with Gasteiger partial charge in [-0.25, -0.2) is 4.79 Å². The summed E-state index contributed by atoms with van der Waals surface area (Å²) in [6.07, 6.45) is -1.49. The molecule has 2 unspecified atom stereocenters. The van der Waals surface area contributed by atoms with E-state index in [4.69, 9.17) is 4.42 Å². The lowest BCUT2D eigenvalue weighted by molar-refractivity contribution is -0.127. The monoisotopic (exact) mass is 414 g/mol. The summed E-state index contributed by atoms with van der Waals surface area (Å²) in [5.74, 6) is -0.821. The highest BCUT2D eigenvalue weighted by Gasteiger charge is 2.48. The third kappa shape index (κ3) is 3.53. The predicted octanol–water partition coefficient (Wildman–Crippen LogP) is 3.98. The first kappa shape index (κ1) is 20.6. The van der Waals surface area contributed by atoms with Crippen LogP contribution in [0.5, 0.6) is 5.75 Å². The Kier molecular flexibility index (Phi) is 5.44. The highest BCUT2D eigenvalue weighted by Crippen LogP contribution is 2.43. The van der Waals surface area contributed by atoms with E-state index in [0.717, 1.165) is 5.56 Å². The lowest BCUT2D eigenvalue weighted by Crippen LogP contribution is -2.49. The third-order valence-corrected chi connectivity index (χ3v) is 5.70. The maximum Gasteiger partial charge on any atom is 0.344 e. The molecule has 1 aromatic heterocycles. The Morgan fingerprint density at radius 3 is 2.16 bits per heavy atom. The second-order valence-corrected chi connectivity index (χ2v) is 7.62. The molecule has 0 aliphatic rings. The molecule has 1 heterocycles. The molecule has 0 bridgehead atoms. The van der Waals surface area contributed by atoms with Gasteiger partial charge >= 0.3 is 5.63 Å². The Morgan fingerprint density at radius 1 is 0.935 bits per heavy atom. The number of rotatable bonds is 6. The van der Waals surface area contributed by atoms with Gasteiger partial charge in [0.05, 0.1) is 16.4 Å². The molecule has 5 heteroatoms. The van der Waals surface area contributed by atoms with Gasteiger partial charge < -0.3 is 14.6 Å². The van der Waals surface area contributed by atoms with E-state index in [1.54, 1.807) is 54.6 Å². The normalized spacial score (nSPS) is 14.1. The molecular weight excluding hydrogens is 392 g/mol. The minimum absolute atomic E-state index is 0.106. The zero-order valence-corrected chi connectivity index (χ0v) is 17.0. The first-order valence-electron chi connectivity index (χ1n) is 9.98. The largest absolute Gasteiger partial charge is 0.507 e. The maximum absolute atomic E-state index is 13.2. The molecule has 2 atom stereocenters. The minimum atomic E-state index is -1.59. The van der Waals surface area contributed by atoms with Crippen molar-refractivity contribution in [2.45, 2.75) is 24.9 Å². The fourth-order valence-electron chi connectivity index (χ4n) is 4.25. The SMILES string of the molecule is CC(=O)C(O)C(Cc1ccccc1)(c1ccccc1)c1c(O)c2ccccc2oc1=O. The van der Waals surface area contributed by atoms with Gasteiger partial charge in [-0.1, -0.05) is 72.8 Å². The number of hydrogen-bond acceptors (Lipinski definition) is 5. The first-order chi connectivity index (χ1) is 14.9. The maximum atomic E-state index is 13.2. The number of carbonyl (C=O) groups is 1. The van der Waals surface area contributed by atoms with Gasteiger partial charge in [0.15, 0.2) is 5.78 Å². The van der Waals surface area contributed by atoms with E-state index >= 15 is 0 Å². The average Bonchev–Trinajstić information content (AvgIpc) is 2.79. The third-order valence-electron chi connectivity index (χ3n) is 5.70. The van der Waals surface area contributed by atoms with Gasteiger partial charge in [-0.2, -0.15) is 0 Å². The zero-order valence-electron chi connectivity index (χ0n) is 17.0. The van der Waals surface area contributed by atoms with Crippen molar-refractivity contribution in [3.05, 3.63) is 112 Å². The van der Waals surface area contributed by atoms with Gasteiger partial charge in [0.1, 0.15) is 17.4 Å². The standard InChI is InChI=1S/C26H22O5/c1-17(27)24(29)26(19-12-6-3-7-13-19,16-18-10-4-2-5-11-18)22-23(28)20-14-8-9-15-21(20)31-25(22)30/h2-15,24,28-29H,16H2,1H3. The molecule has 2 N–H and O–H groups in total. The fraction of sp³-hybridized carbons (Fsp3) is 0.154. The van der Waals surface area contributed by atoms with Crippen molar-refractivity contribution < 1.29 is 19.4 Å². The van der Waals surface area contributed by atoms with E-state index in [-0.39, 0.29) is 23.3 Å². The molecular formula is C26H22O5. The van der Waals surface area contributed by atoms with Crippen molar-refractivity contribution >= 4 is 16.8 Å². The number of ketones is 1. The molecule has 0 amide bonds. The van der Waals surface area contributed by atoms with Crippen molar-refractivity contribution in [3.63, 3.8) is 0 Å². The van der Waals surface area contributed by atoms with Crippen LogP contribution in [0.1, 0.15) is 23.6 Å². The van der Waals surface area contributed by atoms with Crippen LogP contribution in [-0.2, 0) is 16.6 Å². The summed E-state index contributed by atoms with van der Waals surface area (Å²) in [6.45, 7) is 1.27. The van der Waals surface area contributed by atoms with Crippen molar-refractivity contribution in [1.82, 2.24) is 0 Å². The summed E-state index contributed by atoms with van der Waals surface area (Å²) in [5, 5.41) is 22.9. The van der Waals surface area contributed by atoms with Crippen LogP contribution in [0.2, 0.25) is 0 Å². The van der Waals surface area contributed by atoms with Crippen molar-refractivity contribution in [1.29, 1.82) is 0 Å². The number of carbonyl (C=O) groups excluding carboxylic acids is 1. The predicted molar refractivity (Wildman–Crippen MR) is 118 cm³/mol. The van der Waals surface area contributed by atoms with E-state index in [1.807, 2.05) is 30.3 Å².